The molecule has 2 unspecified atom stereocenters. The third kappa shape index (κ3) is 2.96. The van der Waals surface area contributed by atoms with Crippen molar-refractivity contribution in [1.29, 1.82) is 0 Å². The maximum absolute atomic E-state index is 13.8. The number of nitrogens with one attached hydrogen (secondary N) is 1. The molecule has 2 atom stereocenters. The van der Waals surface area contributed by atoms with Crippen LogP contribution in [-0.4, -0.2) is 42.0 Å². The van der Waals surface area contributed by atoms with Gasteiger partial charge in [0.1, 0.15) is 12.0 Å². The molecule has 22 heavy (non-hydrogen) atoms. The zero-order valence-corrected chi connectivity index (χ0v) is 14.1. The zero-order valence-electron chi connectivity index (χ0n) is 11.8. The molecule has 0 aromatic heterocycles. The molecule has 1 heterocycles. The van der Waals surface area contributed by atoms with Gasteiger partial charge >= 0.3 is 5.97 Å². The van der Waals surface area contributed by atoms with Gasteiger partial charge in [-0.25, -0.2) is 9.18 Å². The number of carbonyl (C=O) groups excluding carboxylic acids is 2. The molecule has 0 saturated carbocycles. The Balaban J connectivity index is 2.26. The van der Waals surface area contributed by atoms with Gasteiger partial charge in [0.25, 0.3) is 5.91 Å². The molecule has 1 N–H and O–H groups in total. The molecule has 2 rings (SSSR count). The standard InChI is InChI=1S/C14H13BrClFN2O3/c1-19-11(18-10-4-3-8(15)7-9(10)17)5-6-14(16,12(19)20)13(21)22-2/h3-7,11,18H,1-2H3. The average Bonchev–Trinajstić information content (AvgIpc) is 2.49. The Hall–Kier alpha value is -1.60. The quantitative estimate of drug-likeness (QED) is 0.372. The van der Waals surface area contributed by atoms with Gasteiger partial charge < -0.3 is 15.0 Å². The van der Waals surface area contributed by atoms with Crippen LogP contribution < -0.4 is 5.32 Å². The van der Waals surface area contributed by atoms with Gasteiger partial charge in [0.05, 0.1) is 12.8 Å². The lowest BCUT2D eigenvalue weighted by Crippen LogP contribution is -2.56. The van der Waals surface area contributed by atoms with Crippen LogP contribution in [0.1, 0.15) is 0 Å². The van der Waals surface area contributed by atoms with Crippen LogP contribution in [0, 0.1) is 5.82 Å². The van der Waals surface area contributed by atoms with Crippen LogP contribution >= 0.6 is 27.5 Å². The summed E-state index contributed by atoms with van der Waals surface area (Å²) in [4.78, 5) is 23.3. The Bertz CT molecular complexity index is 655. The van der Waals surface area contributed by atoms with Crippen LogP contribution in [0.25, 0.3) is 0 Å². The summed E-state index contributed by atoms with van der Waals surface area (Å²) in [6.45, 7) is 0. The number of esters is 1. The largest absolute Gasteiger partial charge is 0.467 e. The Morgan fingerprint density at radius 1 is 1.55 bits per heavy atom. The van der Waals surface area contributed by atoms with E-state index in [0.717, 1.165) is 7.11 Å². The van der Waals surface area contributed by atoms with Crippen molar-refractivity contribution in [2.45, 2.75) is 11.0 Å². The Morgan fingerprint density at radius 3 is 2.82 bits per heavy atom. The molecular weight excluding hydrogens is 379 g/mol. The average molecular weight is 392 g/mol. The van der Waals surface area contributed by atoms with E-state index in [1.54, 1.807) is 6.07 Å². The summed E-state index contributed by atoms with van der Waals surface area (Å²) in [5.74, 6) is -1.99. The number of hydrogen-bond acceptors (Lipinski definition) is 4. The summed E-state index contributed by atoms with van der Waals surface area (Å²) >= 11 is 9.20. The van der Waals surface area contributed by atoms with Crippen molar-refractivity contribution in [1.82, 2.24) is 4.90 Å². The van der Waals surface area contributed by atoms with E-state index in [0.29, 0.717) is 4.47 Å². The first-order valence-corrected chi connectivity index (χ1v) is 7.42. The lowest BCUT2D eigenvalue weighted by atomic mass is 10.0. The molecule has 8 heteroatoms. The molecule has 1 aliphatic heterocycles. The van der Waals surface area contributed by atoms with Crippen LogP contribution in [-0.2, 0) is 14.3 Å². The molecule has 0 saturated heterocycles. The number of likely N-dealkylation sites (N-methyl/N-ethyl adjacent to an activating group) is 1. The monoisotopic (exact) mass is 390 g/mol. The summed E-state index contributed by atoms with van der Waals surface area (Å²) < 4.78 is 19.0. The van der Waals surface area contributed by atoms with E-state index in [2.05, 4.69) is 26.0 Å². The molecule has 1 aliphatic rings. The zero-order chi connectivity index (χ0) is 16.5. The van der Waals surface area contributed by atoms with Crippen molar-refractivity contribution in [2.75, 3.05) is 19.5 Å². The number of hydrogen-bond donors (Lipinski definition) is 1. The first-order valence-electron chi connectivity index (χ1n) is 6.25. The molecule has 5 nitrogen and oxygen atoms in total. The molecule has 1 amide bonds. The van der Waals surface area contributed by atoms with Crippen LogP contribution in [0.15, 0.2) is 34.8 Å². The molecular formula is C14H13BrClFN2O3. The minimum Gasteiger partial charge on any atom is -0.467 e. The Labute approximate surface area is 140 Å². The summed E-state index contributed by atoms with van der Waals surface area (Å²) in [6.07, 6.45) is 2.11. The van der Waals surface area contributed by atoms with Gasteiger partial charge in [-0.05, 0) is 30.4 Å². The van der Waals surface area contributed by atoms with Crippen LogP contribution in [0.5, 0.6) is 0 Å². The second kappa shape index (κ2) is 6.26. The highest BCUT2D eigenvalue weighted by molar-refractivity contribution is 9.10. The van der Waals surface area contributed by atoms with E-state index in [4.69, 9.17) is 11.6 Å². The van der Waals surface area contributed by atoms with Crippen molar-refractivity contribution in [3.05, 3.63) is 40.6 Å². The molecule has 0 bridgehead atoms. The lowest BCUT2D eigenvalue weighted by Gasteiger charge is -2.36. The summed E-state index contributed by atoms with van der Waals surface area (Å²) in [5.41, 5.74) is 0.220. The first-order chi connectivity index (χ1) is 10.3. The highest BCUT2D eigenvalue weighted by Crippen LogP contribution is 2.29. The van der Waals surface area contributed by atoms with E-state index >= 15 is 0 Å². The molecule has 0 radical (unpaired) electrons. The number of halogens is 3. The molecule has 0 aliphatic carbocycles. The predicted molar refractivity (Wildman–Crippen MR) is 84.0 cm³/mol. The van der Waals surface area contributed by atoms with Gasteiger partial charge in [0.2, 0.25) is 4.87 Å². The van der Waals surface area contributed by atoms with Gasteiger partial charge in [-0.1, -0.05) is 27.5 Å². The Kier molecular flexibility index (Phi) is 4.77. The predicted octanol–water partition coefficient (Wildman–Crippen LogP) is 2.50. The number of alkyl halides is 1. The van der Waals surface area contributed by atoms with Gasteiger partial charge in [-0.3, -0.25) is 4.79 Å². The highest BCUT2D eigenvalue weighted by atomic mass is 79.9. The maximum Gasteiger partial charge on any atom is 0.340 e. The molecule has 1 aromatic rings. The van der Waals surface area contributed by atoms with Crippen molar-refractivity contribution in [3.63, 3.8) is 0 Å². The number of amides is 1. The minimum atomic E-state index is -1.89. The maximum atomic E-state index is 13.8. The molecule has 1 aromatic carbocycles. The fraction of sp³-hybridized carbons (Fsp3) is 0.286. The first kappa shape index (κ1) is 16.8. The number of benzene rings is 1. The van der Waals surface area contributed by atoms with E-state index in [1.807, 2.05) is 0 Å². The van der Waals surface area contributed by atoms with Gasteiger partial charge in [-0.2, -0.15) is 0 Å². The van der Waals surface area contributed by atoms with Crippen molar-refractivity contribution in [3.8, 4) is 0 Å². The van der Waals surface area contributed by atoms with Gasteiger partial charge in [0.15, 0.2) is 0 Å². The third-order valence-corrected chi connectivity index (χ3v) is 4.21. The van der Waals surface area contributed by atoms with Crippen molar-refractivity contribution in [2.24, 2.45) is 0 Å². The second-order valence-corrected chi connectivity index (χ2v) is 6.20. The van der Waals surface area contributed by atoms with Gasteiger partial charge in [0, 0.05) is 11.5 Å². The number of rotatable bonds is 3. The summed E-state index contributed by atoms with van der Waals surface area (Å²) in [6, 6.07) is 4.51. The fourth-order valence-electron chi connectivity index (χ4n) is 2.02. The van der Waals surface area contributed by atoms with Gasteiger partial charge in [-0.15, -0.1) is 0 Å². The lowest BCUT2D eigenvalue weighted by molar-refractivity contribution is -0.149. The summed E-state index contributed by atoms with van der Waals surface area (Å²) in [7, 11) is 2.61. The number of ether oxygens (including phenoxy) is 1. The van der Waals surface area contributed by atoms with E-state index in [1.165, 1.54) is 36.2 Å². The van der Waals surface area contributed by atoms with Crippen LogP contribution in [0.4, 0.5) is 10.1 Å². The molecule has 0 fully saturated rings. The minimum absolute atomic E-state index is 0.220. The molecule has 118 valence electrons. The van der Waals surface area contributed by atoms with Crippen molar-refractivity contribution < 1.29 is 18.7 Å². The normalized spacial score (nSPS) is 24.3. The van der Waals surface area contributed by atoms with Crippen LogP contribution in [0.3, 0.4) is 0 Å². The number of methoxy groups -OCH3 is 1. The SMILES string of the molecule is COC(=O)C1(Cl)C=CC(Nc2ccc(Br)cc2F)N(C)C1=O. The molecule has 0 spiro atoms. The Morgan fingerprint density at radius 2 is 2.23 bits per heavy atom. The highest BCUT2D eigenvalue weighted by Gasteiger charge is 2.48. The second-order valence-electron chi connectivity index (χ2n) is 4.69. The number of anilines is 1. The van der Waals surface area contributed by atoms with Crippen molar-refractivity contribution >= 4 is 45.1 Å². The van der Waals surface area contributed by atoms with E-state index in [9.17, 15) is 14.0 Å². The van der Waals surface area contributed by atoms with E-state index < -0.39 is 28.7 Å². The topological polar surface area (TPSA) is 58.6 Å². The smallest absolute Gasteiger partial charge is 0.340 e. The fourth-order valence-corrected chi connectivity index (χ4v) is 2.64. The summed E-state index contributed by atoms with van der Waals surface area (Å²) in [5, 5.41) is 2.86. The number of carbonyl (C=O) groups is 2. The third-order valence-electron chi connectivity index (χ3n) is 3.27. The van der Waals surface area contributed by atoms with Crippen LogP contribution in [0.2, 0.25) is 0 Å². The van der Waals surface area contributed by atoms with E-state index in [-0.39, 0.29) is 5.69 Å². The number of nitrogens with zero attached hydrogens (tertiary/aromatic N) is 1.